The normalized spacial score (nSPS) is 10.7. The zero-order valence-electron chi connectivity index (χ0n) is 14.9. The van der Waals surface area contributed by atoms with Crippen molar-refractivity contribution in [1.82, 2.24) is 0 Å². The highest BCUT2D eigenvalue weighted by Gasteiger charge is 2.21. The lowest BCUT2D eigenvalue weighted by Crippen LogP contribution is -2.09. The van der Waals surface area contributed by atoms with Gasteiger partial charge in [0.05, 0.1) is 27.4 Å². The van der Waals surface area contributed by atoms with Gasteiger partial charge in [-0.25, -0.2) is 0 Å². The fourth-order valence-electron chi connectivity index (χ4n) is 2.40. The maximum absolute atomic E-state index is 13.0. The van der Waals surface area contributed by atoms with E-state index in [0.29, 0.717) is 36.0 Å². The minimum Gasteiger partial charge on any atom is -0.496 e. The van der Waals surface area contributed by atoms with Crippen molar-refractivity contribution in [1.29, 1.82) is 0 Å². The quantitative estimate of drug-likeness (QED) is 0.638. The molecular formula is C19H23O5P. The van der Waals surface area contributed by atoms with Crippen LogP contribution in [0, 0.1) is 0 Å². The maximum atomic E-state index is 13.0. The molecule has 2 aromatic rings. The molecule has 0 heterocycles. The summed E-state index contributed by atoms with van der Waals surface area (Å²) in [5, 5.41) is 0.854. The van der Waals surface area contributed by atoms with E-state index >= 15 is 0 Å². The third-order valence-electron chi connectivity index (χ3n) is 3.45. The summed E-state index contributed by atoms with van der Waals surface area (Å²) in [4.78, 5) is 13.0. The van der Waals surface area contributed by atoms with E-state index in [1.54, 1.807) is 12.1 Å². The van der Waals surface area contributed by atoms with Gasteiger partial charge in [0.15, 0.2) is 5.52 Å². The molecule has 0 saturated heterocycles. The Morgan fingerprint density at radius 1 is 0.920 bits per heavy atom. The smallest absolute Gasteiger partial charge is 0.193 e. The Hall–Kier alpha value is -2.26. The van der Waals surface area contributed by atoms with E-state index in [2.05, 4.69) is 0 Å². The second kappa shape index (κ2) is 9.28. The van der Waals surface area contributed by atoms with Crippen LogP contribution in [0.4, 0.5) is 0 Å². The van der Waals surface area contributed by atoms with Crippen LogP contribution in [-0.2, 0) is 0 Å². The van der Waals surface area contributed by atoms with Gasteiger partial charge in [-0.15, -0.1) is 0 Å². The predicted octanol–water partition coefficient (Wildman–Crippen LogP) is 3.65. The molecule has 5 nitrogen and oxygen atoms in total. The number of benzene rings is 2. The van der Waals surface area contributed by atoms with Gasteiger partial charge < -0.3 is 18.9 Å². The molecule has 25 heavy (non-hydrogen) atoms. The van der Waals surface area contributed by atoms with Crippen molar-refractivity contribution in [2.24, 2.45) is 0 Å². The van der Waals surface area contributed by atoms with Crippen LogP contribution in [0.5, 0.6) is 23.0 Å². The molecule has 0 aromatic heterocycles. The molecule has 0 spiro atoms. The molecule has 6 heteroatoms. The zero-order chi connectivity index (χ0) is 18.2. The Bertz CT molecular complexity index is 704. The summed E-state index contributed by atoms with van der Waals surface area (Å²) in [6, 6.07) is 11.0. The highest BCUT2D eigenvalue weighted by molar-refractivity contribution is 7.66. The molecule has 1 atom stereocenters. The number of hydrogen-bond acceptors (Lipinski definition) is 5. The van der Waals surface area contributed by atoms with Crippen LogP contribution in [0.3, 0.4) is 0 Å². The topological polar surface area (TPSA) is 54.0 Å². The number of ether oxygens (including phenoxy) is 4. The Labute approximate surface area is 150 Å². The number of rotatable bonds is 9. The highest BCUT2D eigenvalue weighted by Crippen LogP contribution is 2.38. The first-order valence-corrected chi connectivity index (χ1v) is 9.06. The van der Waals surface area contributed by atoms with E-state index in [4.69, 9.17) is 18.9 Å². The molecule has 0 aliphatic rings. The lowest BCUT2D eigenvalue weighted by Gasteiger charge is -2.15. The maximum Gasteiger partial charge on any atom is 0.193 e. The van der Waals surface area contributed by atoms with Crippen molar-refractivity contribution < 1.29 is 23.7 Å². The van der Waals surface area contributed by atoms with Gasteiger partial charge in [-0.1, -0.05) is 18.2 Å². The fourth-order valence-corrected chi connectivity index (χ4v) is 3.47. The first-order valence-electron chi connectivity index (χ1n) is 8.06. The number of methoxy groups -OCH3 is 2. The van der Waals surface area contributed by atoms with Crippen LogP contribution in [0.15, 0.2) is 36.4 Å². The summed E-state index contributed by atoms with van der Waals surface area (Å²) in [6.45, 7) is 4.87. The average Bonchev–Trinajstić information content (AvgIpc) is 2.62. The largest absolute Gasteiger partial charge is 0.496 e. The van der Waals surface area contributed by atoms with Gasteiger partial charge >= 0.3 is 0 Å². The summed E-state index contributed by atoms with van der Waals surface area (Å²) in [5.41, 5.74) is 0.335. The van der Waals surface area contributed by atoms with Crippen LogP contribution < -0.4 is 24.3 Å². The molecule has 0 aliphatic carbocycles. The molecule has 2 rings (SSSR count). The summed E-state index contributed by atoms with van der Waals surface area (Å²) < 4.78 is 21.9. The average molecular weight is 362 g/mol. The van der Waals surface area contributed by atoms with Gasteiger partial charge in [0, 0.05) is 17.4 Å². The molecule has 0 amide bonds. The minimum atomic E-state index is -0.104. The zero-order valence-corrected chi connectivity index (χ0v) is 15.9. The monoisotopic (exact) mass is 362 g/mol. The van der Waals surface area contributed by atoms with Crippen LogP contribution >= 0.6 is 8.58 Å². The van der Waals surface area contributed by atoms with Gasteiger partial charge in [0.25, 0.3) is 0 Å². The summed E-state index contributed by atoms with van der Waals surface area (Å²) in [5.74, 6) is 2.20. The minimum absolute atomic E-state index is 0.0797. The van der Waals surface area contributed by atoms with E-state index in [-0.39, 0.29) is 14.1 Å². The Balaban J connectivity index is 2.38. The van der Waals surface area contributed by atoms with Crippen LogP contribution in [0.1, 0.15) is 24.2 Å². The van der Waals surface area contributed by atoms with Crippen molar-refractivity contribution in [3.05, 3.63) is 42.0 Å². The third kappa shape index (κ3) is 4.64. The second-order valence-corrected chi connectivity index (χ2v) is 6.26. The number of hydrogen-bond donors (Lipinski definition) is 0. The van der Waals surface area contributed by atoms with Crippen molar-refractivity contribution in [3.63, 3.8) is 0 Å². The second-order valence-electron chi connectivity index (χ2n) is 5.02. The van der Waals surface area contributed by atoms with Crippen LogP contribution in [0.2, 0.25) is 0 Å². The van der Waals surface area contributed by atoms with Gasteiger partial charge in [0.1, 0.15) is 28.6 Å². The molecule has 0 bridgehead atoms. The lowest BCUT2D eigenvalue weighted by atomic mass is 10.2. The molecule has 134 valence electrons. The first kappa shape index (κ1) is 19.1. The fraction of sp³-hybridized carbons (Fsp3) is 0.316. The molecule has 2 aromatic carbocycles. The van der Waals surface area contributed by atoms with Crippen molar-refractivity contribution in [2.45, 2.75) is 13.8 Å². The lowest BCUT2D eigenvalue weighted by molar-refractivity contribution is 0.108. The molecule has 0 radical (unpaired) electrons. The summed E-state index contributed by atoms with van der Waals surface area (Å²) >= 11 is 0. The standard InChI is InChI=1S/C19H23O5P/c1-5-23-13-11-15(21-3)18(16(12-13)22-4)19(20)25-17-10-8-7-9-14(17)24-6-2/h7-12,25H,5-6H2,1-4H3. The molecule has 0 saturated carbocycles. The van der Waals surface area contributed by atoms with Gasteiger partial charge in [-0.2, -0.15) is 0 Å². The molecule has 0 aliphatic heterocycles. The van der Waals surface area contributed by atoms with Gasteiger partial charge in [-0.05, 0) is 28.5 Å². The first-order chi connectivity index (χ1) is 12.1. The molecular weight excluding hydrogens is 339 g/mol. The number of carbonyl (C=O) groups excluding carboxylic acids is 1. The summed E-state index contributed by atoms with van der Waals surface area (Å²) in [7, 11) is 2.95. The van der Waals surface area contributed by atoms with Crippen LogP contribution in [0.25, 0.3) is 0 Å². The van der Waals surface area contributed by atoms with Crippen LogP contribution in [-0.4, -0.2) is 33.0 Å². The van der Waals surface area contributed by atoms with Crippen molar-refractivity contribution >= 4 is 19.4 Å². The Kier molecular flexibility index (Phi) is 7.08. The number of para-hydroxylation sites is 1. The van der Waals surface area contributed by atoms with Crippen molar-refractivity contribution in [2.75, 3.05) is 27.4 Å². The predicted molar refractivity (Wildman–Crippen MR) is 101 cm³/mol. The Morgan fingerprint density at radius 2 is 1.52 bits per heavy atom. The highest BCUT2D eigenvalue weighted by atomic mass is 31.1. The molecule has 0 N–H and O–H groups in total. The third-order valence-corrected chi connectivity index (χ3v) is 4.61. The van der Waals surface area contributed by atoms with E-state index in [1.165, 1.54) is 14.2 Å². The van der Waals surface area contributed by atoms with E-state index in [0.717, 1.165) is 11.1 Å². The van der Waals surface area contributed by atoms with E-state index in [9.17, 15) is 4.79 Å². The van der Waals surface area contributed by atoms with Gasteiger partial charge in [-0.3, -0.25) is 4.79 Å². The summed E-state index contributed by atoms with van der Waals surface area (Å²) in [6.07, 6.45) is 0. The molecule has 1 unspecified atom stereocenters. The number of carbonyl (C=O) groups is 1. The molecule has 0 fully saturated rings. The van der Waals surface area contributed by atoms with Crippen molar-refractivity contribution in [3.8, 4) is 23.0 Å². The Morgan fingerprint density at radius 3 is 2.08 bits per heavy atom. The van der Waals surface area contributed by atoms with E-state index in [1.807, 2.05) is 38.1 Å². The van der Waals surface area contributed by atoms with E-state index < -0.39 is 0 Å². The SMILES string of the molecule is CCOc1cc(OC)c(C(=O)Pc2ccccc2OCC)c(OC)c1. The van der Waals surface area contributed by atoms with Gasteiger partial charge in [0.2, 0.25) is 0 Å².